The number of nitrogens with one attached hydrogen (secondary N) is 1. The normalized spacial score (nSPS) is 13.4. The van der Waals surface area contributed by atoms with E-state index in [1.807, 2.05) is 31.4 Å². The molecule has 0 fully saturated rings. The molecule has 0 aliphatic heterocycles. The van der Waals surface area contributed by atoms with Crippen molar-refractivity contribution in [1.82, 2.24) is 15.0 Å². The van der Waals surface area contributed by atoms with Crippen LogP contribution in [0.5, 0.6) is 0 Å². The van der Waals surface area contributed by atoms with E-state index in [1.54, 1.807) is 0 Å². The molecule has 1 N–H and O–H groups in total. The Kier molecular flexibility index (Phi) is 2.81. The van der Waals surface area contributed by atoms with E-state index in [1.165, 1.54) is 11.3 Å². The van der Waals surface area contributed by atoms with Crippen LogP contribution in [-0.2, 0) is 12.8 Å². The average Bonchev–Trinajstić information content (AvgIpc) is 3.02. The molecule has 0 unspecified atom stereocenters. The van der Waals surface area contributed by atoms with Crippen LogP contribution < -0.4 is 5.32 Å². The molecule has 0 saturated heterocycles. The molecule has 0 saturated carbocycles. The minimum absolute atomic E-state index is 0.768. The minimum Gasteiger partial charge on any atom is -0.373 e. The van der Waals surface area contributed by atoms with E-state index in [0.717, 1.165) is 47.4 Å². The summed E-state index contributed by atoms with van der Waals surface area (Å²) in [6.07, 6.45) is 5.09. The van der Waals surface area contributed by atoms with Crippen LogP contribution in [0.1, 0.15) is 17.7 Å². The second-order valence-corrected chi connectivity index (χ2v) is 5.31. The molecule has 2 heterocycles. The summed E-state index contributed by atoms with van der Waals surface area (Å²) in [5.41, 5.74) is 4.41. The number of hydrogen-bond donors (Lipinski definition) is 1. The lowest BCUT2D eigenvalue weighted by atomic mass is 10.1. The van der Waals surface area contributed by atoms with Crippen LogP contribution in [0.2, 0.25) is 0 Å². The van der Waals surface area contributed by atoms with Gasteiger partial charge in [0.2, 0.25) is 0 Å². The largest absolute Gasteiger partial charge is 0.373 e. The Morgan fingerprint density at radius 2 is 1.95 bits per heavy atom. The summed E-state index contributed by atoms with van der Waals surface area (Å²) in [7, 11) is 1.92. The Morgan fingerprint density at radius 3 is 2.86 bits per heavy atom. The molecule has 1 aliphatic carbocycles. The van der Waals surface area contributed by atoms with Crippen molar-refractivity contribution in [3.63, 3.8) is 0 Å². The second-order valence-electron chi connectivity index (χ2n) is 5.31. The first-order valence-corrected chi connectivity index (χ1v) is 7.28. The van der Waals surface area contributed by atoms with Crippen molar-refractivity contribution in [1.29, 1.82) is 0 Å². The zero-order valence-electron chi connectivity index (χ0n) is 11.9. The van der Waals surface area contributed by atoms with E-state index in [0.29, 0.717) is 0 Å². The lowest BCUT2D eigenvalue weighted by Crippen LogP contribution is -2.03. The summed E-state index contributed by atoms with van der Waals surface area (Å²) in [6.45, 7) is 0. The lowest BCUT2D eigenvalue weighted by molar-refractivity contribution is 0.900. The van der Waals surface area contributed by atoms with E-state index in [-0.39, 0.29) is 0 Å². The van der Waals surface area contributed by atoms with Crippen LogP contribution in [0.3, 0.4) is 0 Å². The summed E-state index contributed by atoms with van der Waals surface area (Å²) in [4.78, 5) is 14.0. The number of pyridine rings is 1. The third kappa shape index (κ3) is 1.95. The van der Waals surface area contributed by atoms with Crippen molar-refractivity contribution < 1.29 is 0 Å². The van der Waals surface area contributed by atoms with Gasteiger partial charge in [0.25, 0.3) is 0 Å². The Bertz CT molecular complexity index is 821. The topological polar surface area (TPSA) is 50.7 Å². The van der Waals surface area contributed by atoms with Crippen LogP contribution in [0, 0.1) is 0 Å². The van der Waals surface area contributed by atoms with E-state index in [4.69, 9.17) is 9.97 Å². The molecule has 104 valence electrons. The smallest absolute Gasteiger partial charge is 0.163 e. The van der Waals surface area contributed by atoms with Crippen LogP contribution >= 0.6 is 0 Å². The molecular formula is C17H16N4. The maximum absolute atomic E-state index is 4.79. The number of nitrogens with zero attached hydrogens (tertiary/aromatic N) is 3. The maximum atomic E-state index is 4.79. The van der Waals surface area contributed by atoms with Crippen molar-refractivity contribution in [3.05, 3.63) is 47.8 Å². The molecule has 1 aliphatic rings. The number of hydrogen-bond acceptors (Lipinski definition) is 4. The molecular weight excluding hydrogens is 260 g/mol. The summed E-state index contributed by atoms with van der Waals surface area (Å²) >= 11 is 0. The molecule has 21 heavy (non-hydrogen) atoms. The second kappa shape index (κ2) is 4.81. The summed E-state index contributed by atoms with van der Waals surface area (Å²) < 4.78 is 0. The number of para-hydroxylation sites is 1. The summed E-state index contributed by atoms with van der Waals surface area (Å²) in [5.74, 6) is 1.73. The van der Waals surface area contributed by atoms with Crippen LogP contribution in [0.4, 0.5) is 5.82 Å². The third-order valence-electron chi connectivity index (χ3n) is 4.04. The van der Waals surface area contributed by atoms with Gasteiger partial charge in [-0.2, -0.15) is 0 Å². The van der Waals surface area contributed by atoms with E-state index < -0.39 is 0 Å². The number of fused-ring (bicyclic) bond motifs is 2. The van der Waals surface area contributed by atoms with Crippen LogP contribution in [0.15, 0.2) is 36.5 Å². The Hall–Kier alpha value is -2.49. The highest BCUT2D eigenvalue weighted by atomic mass is 15.0. The van der Waals surface area contributed by atoms with Crippen molar-refractivity contribution in [2.75, 3.05) is 12.4 Å². The number of aromatic nitrogens is 3. The van der Waals surface area contributed by atoms with Gasteiger partial charge in [-0.3, -0.25) is 4.98 Å². The van der Waals surface area contributed by atoms with Crippen molar-refractivity contribution >= 4 is 16.7 Å². The third-order valence-corrected chi connectivity index (χ3v) is 4.04. The van der Waals surface area contributed by atoms with Gasteiger partial charge < -0.3 is 5.32 Å². The van der Waals surface area contributed by atoms with Crippen molar-refractivity contribution in [2.24, 2.45) is 0 Å². The Morgan fingerprint density at radius 1 is 1.05 bits per heavy atom. The lowest BCUT2D eigenvalue weighted by Gasteiger charge is -2.10. The number of benzene rings is 1. The highest BCUT2D eigenvalue weighted by Gasteiger charge is 2.20. The Labute approximate surface area is 123 Å². The van der Waals surface area contributed by atoms with Gasteiger partial charge in [-0.15, -0.1) is 0 Å². The maximum Gasteiger partial charge on any atom is 0.163 e. The quantitative estimate of drug-likeness (QED) is 0.780. The number of rotatable bonds is 2. The highest BCUT2D eigenvalue weighted by molar-refractivity contribution is 5.91. The first-order chi connectivity index (χ1) is 10.4. The molecule has 3 aromatic rings. The van der Waals surface area contributed by atoms with Gasteiger partial charge in [0.15, 0.2) is 5.82 Å². The molecule has 4 nitrogen and oxygen atoms in total. The zero-order valence-corrected chi connectivity index (χ0v) is 11.9. The molecule has 0 spiro atoms. The minimum atomic E-state index is 0.768. The van der Waals surface area contributed by atoms with Crippen molar-refractivity contribution in [2.45, 2.75) is 19.3 Å². The van der Waals surface area contributed by atoms with Gasteiger partial charge in [0, 0.05) is 35.5 Å². The zero-order chi connectivity index (χ0) is 14.2. The molecule has 0 atom stereocenters. The van der Waals surface area contributed by atoms with Gasteiger partial charge in [0.05, 0.1) is 5.52 Å². The molecule has 1 aromatic carbocycles. The van der Waals surface area contributed by atoms with Gasteiger partial charge in [-0.25, -0.2) is 9.97 Å². The van der Waals surface area contributed by atoms with Gasteiger partial charge in [-0.05, 0) is 31.4 Å². The Balaban J connectivity index is 1.97. The first-order valence-electron chi connectivity index (χ1n) is 7.28. The predicted octanol–water partition coefficient (Wildman–Crippen LogP) is 3.22. The van der Waals surface area contributed by atoms with E-state index in [2.05, 4.69) is 22.4 Å². The fourth-order valence-electron chi connectivity index (χ4n) is 3.04. The number of aryl methyl sites for hydroxylation is 1. The van der Waals surface area contributed by atoms with E-state index >= 15 is 0 Å². The average molecular weight is 276 g/mol. The standard InChI is InChI=1S/C17H16N4/c1-18-16-12-7-3-9-14(12)20-17(21-16)13-8-2-5-11-6-4-10-19-15(11)13/h2,4-6,8,10H,3,7,9H2,1H3,(H,18,20,21). The summed E-state index contributed by atoms with van der Waals surface area (Å²) in [5, 5.41) is 4.33. The van der Waals surface area contributed by atoms with Crippen molar-refractivity contribution in [3.8, 4) is 11.4 Å². The monoisotopic (exact) mass is 276 g/mol. The number of anilines is 1. The van der Waals surface area contributed by atoms with Gasteiger partial charge >= 0.3 is 0 Å². The SMILES string of the molecule is CNc1nc(-c2cccc3cccnc23)nc2c1CCC2. The molecule has 4 heteroatoms. The molecule has 2 aromatic heterocycles. The van der Waals surface area contributed by atoms with Gasteiger partial charge in [0.1, 0.15) is 5.82 Å². The predicted molar refractivity (Wildman–Crippen MR) is 84.3 cm³/mol. The fourth-order valence-corrected chi connectivity index (χ4v) is 3.04. The first kappa shape index (κ1) is 12.3. The summed E-state index contributed by atoms with van der Waals surface area (Å²) in [6, 6.07) is 10.2. The fraction of sp³-hybridized carbons (Fsp3) is 0.235. The van der Waals surface area contributed by atoms with Gasteiger partial charge in [-0.1, -0.05) is 18.2 Å². The molecule has 0 radical (unpaired) electrons. The molecule has 0 bridgehead atoms. The van der Waals surface area contributed by atoms with E-state index in [9.17, 15) is 0 Å². The molecule has 4 rings (SSSR count). The van der Waals surface area contributed by atoms with Crippen LogP contribution in [0.25, 0.3) is 22.3 Å². The molecule has 0 amide bonds. The highest BCUT2D eigenvalue weighted by Crippen LogP contribution is 2.31. The van der Waals surface area contributed by atoms with Crippen LogP contribution in [-0.4, -0.2) is 22.0 Å².